The minimum absolute atomic E-state index is 0.0526. The maximum Gasteiger partial charge on any atom is 0.236 e. The number of hydrogen-bond acceptors (Lipinski definition) is 5. The number of carbonyl (C=O) groups is 2. The number of thiazole rings is 1. The molecule has 2 aliphatic rings. The molecule has 0 radical (unpaired) electrons. The molecule has 1 saturated heterocycles. The number of nitrogens with zero attached hydrogens (tertiary/aromatic N) is 2. The number of rotatable bonds is 3. The van der Waals surface area contributed by atoms with E-state index < -0.39 is 0 Å². The van der Waals surface area contributed by atoms with Gasteiger partial charge in [-0.3, -0.25) is 9.59 Å². The number of carbonyl (C=O) groups excluding carboxylic acids is 2. The van der Waals surface area contributed by atoms with Crippen LogP contribution in [0.15, 0.2) is 5.38 Å². The third-order valence-electron chi connectivity index (χ3n) is 4.79. The Bertz CT molecular complexity index is 543. The van der Waals surface area contributed by atoms with Crippen LogP contribution in [-0.2, 0) is 9.59 Å². The van der Waals surface area contributed by atoms with Gasteiger partial charge in [-0.05, 0) is 32.2 Å². The highest BCUT2D eigenvalue weighted by molar-refractivity contribution is 7.14. The molecule has 2 heterocycles. The van der Waals surface area contributed by atoms with Gasteiger partial charge in [0.2, 0.25) is 11.8 Å². The van der Waals surface area contributed by atoms with Crippen molar-refractivity contribution in [1.82, 2.24) is 10.3 Å². The second-order valence-electron chi connectivity index (χ2n) is 6.25. The number of anilines is 1. The van der Waals surface area contributed by atoms with Crippen LogP contribution in [0.2, 0.25) is 0 Å². The number of aromatic nitrogens is 1. The summed E-state index contributed by atoms with van der Waals surface area (Å²) in [6.07, 6.45) is 5.30. The average Bonchev–Trinajstić information content (AvgIpc) is 3.07. The Hall–Kier alpha value is -1.27. The SMILES string of the molecule is CNC(C)c1csc(N2C(=O)CC3(CCCC3)CC2=O)n1. The average molecular weight is 307 g/mol. The van der Waals surface area contributed by atoms with Crippen molar-refractivity contribution < 1.29 is 9.59 Å². The lowest BCUT2D eigenvalue weighted by Gasteiger charge is -2.36. The lowest BCUT2D eigenvalue weighted by Crippen LogP contribution is -2.47. The highest BCUT2D eigenvalue weighted by Crippen LogP contribution is 2.47. The molecule has 1 aromatic rings. The Labute approximate surface area is 128 Å². The lowest BCUT2D eigenvalue weighted by molar-refractivity contribution is -0.133. The van der Waals surface area contributed by atoms with Crippen LogP contribution in [0, 0.1) is 5.41 Å². The molecule has 1 aliphatic heterocycles. The van der Waals surface area contributed by atoms with E-state index in [1.807, 2.05) is 19.4 Å². The highest BCUT2D eigenvalue weighted by atomic mass is 32.1. The van der Waals surface area contributed by atoms with E-state index in [0.29, 0.717) is 18.0 Å². The largest absolute Gasteiger partial charge is 0.312 e. The van der Waals surface area contributed by atoms with E-state index in [1.54, 1.807) is 0 Å². The van der Waals surface area contributed by atoms with Crippen molar-refractivity contribution in [2.45, 2.75) is 51.5 Å². The normalized spacial score (nSPS) is 23.0. The van der Waals surface area contributed by atoms with Crippen LogP contribution in [0.4, 0.5) is 5.13 Å². The summed E-state index contributed by atoms with van der Waals surface area (Å²) >= 11 is 1.37. The van der Waals surface area contributed by atoms with Gasteiger partial charge in [-0.25, -0.2) is 9.88 Å². The zero-order valence-electron chi connectivity index (χ0n) is 12.5. The van der Waals surface area contributed by atoms with Gasteiger partial charge < -0.3 is 5.32 Å². The molecule has 5 nitrogen and oxygen atoms in total. The van der Waals surface area contributed by atoms with Gasteiger partial charge in [-0.2, -0.15) is 0 Å². The Kier molecular flexibility index (Phi) is 3.84. The molecule has 2 amide bonds. The van der Waals surface area contributed by atoms with E-state index in [-0.39, 0.29) is 23.3 Å². The van der Waals surface area contributed by atoms with Crippen LogP contribution < -0.4 is 10.2 Å². The fraction of sp³-hybridized carbons (Fsp3) is 0.667. The zero-order valence-corrected chi connectivity index (χ0v) is 13.3. The molecule has 0 aromatic carbocycles. The number of imide groups is 1. The molecule has 1 aliphatic carbocycles. The molecule has 1 saturated carbocycles. The van der Waals surface area contributed by atoms with Crippen molar-refractivity contribution in [3.05, 3.63) is 11.1 Å². The number of amides is 2. The first kappa shape index (κ1) is 14.7. The van der Waals surface area contributed by atoms with Crippen molar-refractivity contribution in [1.29, 1.82) is 0 Å². The number of piperidine rings is 1. The Morgan fingerprint density at radius 3 is 2.48 bits per heavy atom. The Morgan fingerprint density at radius 1 is 1.29 bits per heavy atom. The summed E-state index contributed by atoms with van der Waals surface area (Å²) in [5.41, 5.74) is 0.822. The maximum atomic E-state index is 12.5. The van der Waals surface area contributed by atoms with Gasteiger partial charge in [-0.1, -0.05) is 12.8 Å². The number of nitrogens with one attached hydrogen (secondary N) is 1. The van der Waals surface area contributed by atoms with Gasteiger partial charge >= 0.3 is 0 Å². The van der Waals surface area contributed by atoms with E-state index in [9.17, 15) is 9.59 Å². The van der Waals surface area contributed by atoms with Crippen molar-refractivity contribution in [2.75, 3.05) is 11.9 Å². The van der Waals surface area contributed by atoms with Gasteiger partial charge in [-0.15, -0.1) is 11.3 Å². The molecule has 6 heteroatoms. The summed E-state index contributed by atoms with van der Waals surface area (Å²) in [5.74, 6) is -0.155. The third kappa shape index (κ3) is 2.62. The minimum atomic E-state index is -0.0776. The van der Waals surface area contributed by atoms with Crippen LogP contribution in [0.25, 0.3) is 0 Å². The van der Waals surface area contributed by atoms with E-state index in [1.165, 1.54) is 16.2 Å². The molecule has 21 heavy (non-hydrogen) atoms. The van der Waals surface area contributed by atoms with E-state index in [0.717, 1.165) is 31.4 Å². The summed E-state index contributed by atoms with van der Waals surface area (Å²) in [6.45, 7) is 2.01. The predicted octanol–water partition coefficient (Wildman–Crippen LogP) is 2.64. The topological polar surface area (TPSA) is 62.3 Å². The molecule has 1 aromatic heterocycles. The summed E-state index contributed by atoms with van der Waals surface area (Å²) < 4.78 is 0. The Morgan fingerprint density at radius 2 is 1.90 bits per heavy atom. The molecule has 114 valence electrons. The second-order valence-corrected chi connectivity index (χ2v) is 7.09. The minimum Gasteiger partial charge on any atom is -0.312 e. The molecule has 0 bridgehead atoms. The van der Waals surface area contributed by atoms with E-state index in [4.69, 9.17) is 0 Å². The van der Waals surface area contributed by atoms with Crippen molar-refractivity contribution >= 4 is 28.3 Å². The third-order valence-corrected chi connectivity index (χ3v) is 5.64. The van der Waals surface area contributed by atoms with Crippen LogP contribution >= 0.6 is 11.3 Å². The predicted molar refractivity (Wildman–Crippen MR) is 82.2 cm³/mol. The fourth-order valence-electron chi connectivity index (χ4n) is 3.42. The fourth-order valence-corrected chi connectivity index (χ4v) is 4.37. The molecular formula is C15H21N3O2S. The smallest absolute Gasteiger partial charge is 0.236 e. The summed E-state index contributed by atoms with van der Waals surface area (Å²) in [4.78, 5) is 30.7. The van der Waals surface area contributed by atoms with E-state index in [2.05, 4.69) is 10.3 Å². The molecule has 1 unspecified atom stereocenters. The van der Waals surface area contributed by atoms with Gasteiger partial charge in [0.25, 0.3) is 0 Å². The molecule has 1 N–H and O–H groups in total. The summed E-state index contributed by atoms with van der Waals surface area (Å²) in [7, 11) is 1.87. The van der Waals surface area contributed by atoms with E-state index >= 15 is 0 Å². The molecule has 2 fully saturated rings. The quantitative estimate of drug-likeness (QED) is 0.872. The second kappa shape index (κ2) is 5.50. The van der Waals surface area contributed by atoms with Gasteiger partial charge in [0.1, 0.15) is 0 Å². The summed E-state index contributed by atoms with van der Waals surface area (Å²) in [6, 6.07) is 0.117. The molecule has 1 atom stereocenters. The monoisotopic (exact) mass is 307 g/mol. The standard InChI is InChI=1S/C15H21N3O2S/c1-10(16-2)11-9-21-14(17-11)18-12(19)7-15(8-13(18)20)5-3-4-6-15/h9-10,16H,3-8H2,1-2H3. The molecule has 1 spiro atoms. The van der Waals surface area contributed by atoms with Crippen molar-refractivity contribution in [3.8, 4) is 0 Å². The summed E-state index contributed by atoms with van der Waals surface area (Å²) in [5, 5.41) is 5.55. The Balaban J connectivity index is 1.81. The van der Waals surface area contributed by atoms with Crippen molar-refractivity contribution in [3.63, 3.8) is 0 Å². The van der Waals surface area contributed by atoms with Crippen LogP contribution in [0.3, 0.4) is 0 Å². The first-order valence-electron chi connectivity index (χ1n) is 7.53. The van der Waals surface area contributed by atoms with Crippen molar-refractivity contribution in [2.24, 2.45) is 5.41 Å². The van der Waals surface area contributed by atoms with Crippen LogP contribution in [-0.4, -0.2) is 23.8 Å². The van der Waals surface area contributed by atoms with Gasteiger partial charge in [0.05, 0.1) is 5.69 Å². The van der Waals surface area contributed by atoms with Crippen LogP contribution in [0.1, 0.15) is 57.2 Å². The molecular weight excluding hydrogens is 286 g/mol. The lowest BCUT2D eigenvalue weighted by atomic mass is 9.76. The first-order valence-corrected chi connectivity index (χ1v) is 8.41. The highest BCUT2D eigenvalue weighted by Gasteiger charge is 2.46. The van der Waals surface area contributed by atoms with Gasteiger partial charge in [0.15, 0.2) is 5.13 Å². The zero-order chi connectivity index (χ0) is 15.0. The maximum absolute atomic E-state index is 12.5. The van der Waals surface area contributed by atoms with Crippen LogP contribution in [0.5, 0.6) is 0 Å². The first-order chi connectivity index (χ1) is 10.0. The number of hydrogen-bond donors (Lipinski definition) is 1. The van der Waals surface area contributed by atoms with Gasteiger partial charge in [0, 0.05) is 24.3 Å². The molecule has 3 rings (SSSR count).